The summed E-state index contributed by atoms with van der Waals surface area (Å²) < 4.78 is 53.2. The van der Waals surface area contributed by atoms with Crippen LogP contribution in [-0.4, -0.2) is 52.8 Å². The molecule has 1 fully saturated rings. The van der Waals surface area contributed by atoms with Crippen LogP contribution in [0.3, 0.4) is 0 Å². The molecule has 1 aliphatic heterocycles. The van der Waals surface area contributed by atoms with Crippen LogP contribution in [0.2, 0.25) is 0 Å². The van der Waals surface area contributed by atoms with Crippen molar-refractivity contribution in [2.45, 2.75) is 12.6 Å². The van der Waals surface area contributed by atoms with Gasteiger partial charge in [-0.2, -0.15) is 13.2 Å². The summed E-state index contributed by atoms with van der Waals surface area (Å²) in [6.07, 6.45) is -1.88. The smallest absolute Gasteiger partial charge is 0.416 e. The first-order chi connectivity index (χ1) is 18.7. The molecule has 0 atom stereocenters. The van der Waals surface area contributed by atoms with Crippen LogP contribution in [-0.2, 0) is 22.1 Å². The van der Waals surface area contributed by atoms with Crippen molar-refractivity contribution in [2.75, 3.05) is 36.5 Å². The van der Waals surface area contributed by atoms with E-state index >= 15 is 0 Å². The molecule has 2 aromatic carbocycles. The predicted molar refractivity (Wildman–Crippen MR) is 136 cm³/mol. The number of morpholine rings is 1. The molecule has 10 nitrogen and oxygen atoms in total. The normalized spacial score (nSPS) is 13.9. The average Bonchev–Trinajstić information content (AvgIpc) is 3.32. The SMILES string of the molecule is NC(=O)Cc1cc(Oc2ccc3c(ccn3C(=O)Nc3cc(N4CCOCC4)cc(C(F)(F)F)c3)c2)ncn1. The molecule has 0 aliphatic carbocycles. The highest BCUT2D eigenvalue weighted by Gasteiger charge is 2.32. The first-order valence-electron chi connectivity index (χ1n) is 11.9. The van der Waals surface area contributed by atoms with Crippen molar-refractivity contribution < 1.29 is 32.2 Å². The van der Waals surface area contributed by atoms with E-state index in [9.17, 15) is 22.8 Å². The molecule has 0 saturated carbocycles. The van der Waals surface area contributed by atoms with Crippen molar-refractivity contribution in [1.82, 2.24) is 14.5 Å². The molecule has 4 aromatic rings. The van der Waals surface area contributed by atoms with E-state index in [1.54, 1.807) is 29.2 Å². The molecule has 0 spiro atoms. The largest absolute Gasteiger partial charge is 0.439 e. The van der Waals surface area contributed by atoms with Gasteiger partial charge in [-0.1, -0.05) is 0 Å². The monoisotopic (exact) mass is 540 g/mol. The number of alkyl halides is 3. The molecule has 0 bridgehead atoms. The van der Waals surface area contributed by atoms with Crippen LogP contribution in [0, 0.1) is 0 Å². The van der Waals surface area contributed by atoms with E-state index in [0.29, 0.717) is 54.3 Å². The zero-order chi connectivity index (χ0) is 27.6. The lowest BCUT2D eigenvalue weighted by Crippen LogP contribution is -2.36. The van der Waals surface area contributed by atoms with Crippen molar-refractivity contribution >= 4 is 34.2 Å². The number of nitrogens with zero attached hydrogens (tertiary/aromatic N) is 4. The number of carbonyl (C=O) groups is 2. The van der Waals surface area contributed by atoms with Gasteiger partial charge in [0.1, 0.15) is 12.1 Å². The van der Waals surface area contributed by atoms with Crippen LogP contribution in [0.1, 0.15) is 11.3 Å². The highest BCUT2D eigenvalue weighted by atomic mass is 19.4. The number of ether oxygens (including phenoxy) is 2. The van der Waals surface area contributed by atoms with Gasteiger partial charge in [0.15, 0.2) is 0 Å². The molecule has 39 heavy (non-hydrogen) atoms. The molecule has 202 valence electrons. The van der Waals surface area contributed by atoms with Gasteiger partial charge in [0, 0.05) is 42.1 Å². The van der Waals surface area contributed by atoms with Gasteiger partial charge in [0.05, 0.1) is 36.4 Å². The van der Waals surface area contributed by atoms with E-state index in [1.165, 1.54) is 29.2 Å². The lowest BCUT2D eigenvalue weighted by atomic mass is 10.1. The van der Waals surface area contributed by atoms with E-state index in [-0.39, 0.29) is 18.0 Å². The Labute approximate surface area is 220 Å². The van der Waals surface area contributed by atoms with Crippen molar-refractivity contribution in [1.29, 1.82) is 0 Å². The Hall–Kier alpha value is -4.65. The minimum absolute atomic E-state index is 0.0219. The number of halogens is 3. The lowest BCUT2D eigenvalue weighted by Gasteiger charge is -2.29. The Balaban J connectivity index is 1.36. The van der Waals surface area contributed by atoms with E-state index in [0.717, 1.165) is 12.1 Å². The Morgan fingerprint density at radius 3 is 2.59 bits per heavy atom. The zero-order valence-electron chi connectivity index (χ0n) is 20.4. The lowest BCUT2D eigenvalue weighted by molar-refractivity contribution is -0.137. The zero-order valence-corrected chi connectivity index (χ0v) is 20.4. The average molecular weight is 541 g/mol. The van der Waals surface area contributed by atoms with Gasteiger partial charge < -0.3 is 25.4 Å². The Morgan fingerprint density at radius 2 is 1.85 bits per heavy atom. The number of amides is 2. The highest BCUT2D eigenvalue weighted by molar-refractivity contribution is 5.99. The topological polar surface area (TPSA) is 125 Å². The maximum Gasteiger partial charge on any atom is 0.416 e. The maximum atomic E-state index is 13.6. The number of hydrogen-bond acceptors (Lipinski definition) is 7. The molecule has 2 amide bonds. The number of nitrogens with one attached hydrogen (secondary N) is 1. The van der Waals surface area contributed by atoms with E-state index < -0.39 is 23.7 Å². The molecular formula is C26H23F3N6O4. The number of carbonyl (C=O) groups excluding carboxylic acids is 2. The van der Waals surface area contributed by atoms with E-state index in [1.807, 2.05) is 0 Å². The van der Waals surface area contributed by atoms with Crippen LogP contribution >= 0.6 is 0 Å². The predicted octanol–water partition coefficient (Wildman–Crippen LogP) is 4.19. The first kappa shape index (κ1) is 26.0. The molecular weight excluding hydrogens is 517 g/mol. The molecule has 13 heteroatoms. The summed E-state index contributed by atoms with van der Waals surface area (Å²) in [5.41, 5.74) is 5.64. The standard InChI is InChI=1S/C26H23F3N6O4/c27-26(28,29)17-10-19(12-20(11-17)34-5-7-38-8-6-34)33-25(37)35-4-3-16-9-21(1-2-22(16)35)39-24-14-18(13-23(30)36)31-15-32-24/h1-4,9-12,14-15H,5-8,13H2,(H2,30,36)(H,33,37). The van der Waals surface area contributed by atoms with Crippen molar-refractivity contribution in [3.05, 3.63) is 72.3 Å². The van der Waals surface area contributed by atoms with Crippen molar-refractivity contribution in [3.63, 3.8) is 0 Å². The number of nitrogens with two attached hydrogens (primary N) is 1. The fraction of sp³-hybridized carbons (Fsp3) is 0.231. The Morgan fingerprint density at radius 1 is 1.05 bits per heavy atom. The molecule has 5 rings (SSSR count). The summed E-state index contributed by atoms with van der Waals surface area (Å²) in [6, 6.07) is 11.0. The van der Waals surface area contributed by atoms with E-state index in [2.05, 4.69) is 15.3 Å². The number of aromatic nitrogens is 3. The third-order valence-electron chi connectivity index (χ3n) is 6.03. The van der Waals surface area contributed by atoms with Gasteiger partial charge in [-0.25, -0.2) is 14.8 Å². The quantitative estimate of drug-likeness (QED) is 0.376. The van der Waals surface area contributed by atoms with Crippen molar-refractivity contribution in [2.24, 2.45) is 5.73 Å². The molecule has 2 aromatic heterocycles. The summed E-state index contributed by atoms with van der Waals surface area (Å²) in [5, 5.41) is 3.23. The molecule has 3 heterocycles. The van der Waals surface area contributed by atoms with Crippen molar-refractivity contribution in [3.8, 4) is 11.6 Å². The van der Waals surface area contributed by atoms with Crippen LogP contribution in [0.5, 0.6) is 11.6 Å². The second-order valence-corrected chi connectivity index (χ2v) is 8.79. The summed E-state index contributed by atoms with van der Waals surface area (Å²) in [7, 11) is 0. The third kappa shape index (κ3) is 6.09. The third-order valence-corrected chi connectivity index (χ3v) is 6.03. The van der Waals surface area contributed by atoms with Gasteiger partial charge in [0.25, 0.3) is 0 Å². The number of anilines is 2. The number of fused-ring (bicyclic) bond motifs is 1. The molecule has 3 N–H and O–H groups in total. The van der Waals surface area contributed by atoms with E-state index in [4.69, 9.17) is 15.2 Å². The van der Waals surface area contributed by atoms with Gasteiger partial charge in [-0.05, 0) is 42.5 Å². The maximum absolute atomic E-state index is 13.6. The number of rotatable bonds is 6. The van der Waals surface area contributed by atoms with Crippen LogP contribution in [0.15, 0.2) is 61.1 Å². The Kier molecular flexibility index (Phi) is 7.07. The van der Waals surface area contributed by atoms with Gasteiger partial charge >= 0.3 is 12.2 Å². The highest BCUT2D eigenvalue weighted by Crippen LogP contribution is 2.35. The summed E-state index contributed by atoms with van der Waals surface area (Å²) in [5.74, 6) is 0.0824. The van der Waals surface area contributed by atoms with Gasteiger partial charge in [-0.15, -0.1) is 0 Å². The fourth-order valence-electron chi connectivity index (χ4n) is 4.22. The summed E-state index contributed by atoms with van der Waals surface area (Å²) in [4.78, 5) is 34.0. The fourth-order valence-corrected chi connectivity index (χ4v) is 4.22. The molecule has 1 aliphatic rings. The number of hydrogen-bond donors (Lipinski definition) is 2. The molecule has 0 radical (unpaired) electrons. The second kappa shape index (κ2) is 10.6. The minimum Gasteiger partial charge on any atom is -0.439 e. The molecule has 1 saturated heterocycles. The minimum atomic E-state index is -4.58. The Bertz CT molecular complexity index is 1530. The number of benzene rings is 2. The number of primary amides is 1. The summed E-state index contributed by atoms with van der Waals surface area (Å²) >= 11 is 0. The summed E-state index contributed by atoms with van der Waals surface area (Å²) in [6.45, 7) is 1.71. The molecule has 0 unspecified atom stereocenters. The van der Waals surface area contributed by atoms with Crippen LogP contribution in [0.4, 0.5) is 29.3 Å². The van der Waals surface area contributed by atoms with Crippen LogP contribution < -0.4 is 20.7 Å². The first-order valence-corrected chi connectivity index (χ1v) is 11.9. The van der Waals surface area contributed by atoms with Gasteiger partial charge in [-0.3, -0.25) is 9.36 Å². The second-order valence-electron chi connectivity index (χ2n) is 8.79. The van der Waals surface area contributed by atoms with Crippen LogP contribution in [0.25, 0.3) is 10.9 Å². The van der Waals surface area contributed by atoms with Gasteiger partial charge in [0.2, 0.25) is 11.8 Å².